The van der Waals surface area contributed by atoms with E-state index < -0.39 is 0 Å². The van der Waals surface area contributed by atoms with Crippen LogP contribution in [0.4, 0.5) is 0 Å². The second-order valence-corrected chi connectivity index (χ2v) is 8.37. The summed E-state index contributed by atoms with van der Waals surface area (Å²) in [7, 11) is 0. The molecule has 0 unspecified atom stereocenters. The monoisotopic (exact) mass is 506 g/mol. The van der Waals surface area contributed by atoms with Gasteiger partial charge >= 0.3 is 5.97 Å². The number of hydrogen-bond donors (Lipinski definition) is 0. The molecule has 0 fully saturated rings. The average molecular weight is 508 g/mol. The second kappa shape index (κ2) is 12.9. The molecule has 0 aromatic heterocycles. The number of carbonyl (C=O) groups excluding carboxylic acids is 1. The molecule has 0 spiro atoms. The third-order valence-electron chi connectivity index (χ3n) is 3.70. The molecular formula is C22H22Cl4O5. The molecular weight excluding hydrogens is 486 g/mol. The van der Waals surface area contributed by atoms with E-state index in [0.29, 0.717) is 52.5 Å². The first-order valence-electron chi connectivity index (χ1n) is 9.46. The summed E-state index contributed by atoms with van der Waals surface area (Å²) in [6.07, 6.45) is 1.93. The summed E-state index contributed by atoms with van der Waals surface area (Å²) in [5, 5.41) is 0.654. The van der Waals surface area contributed by atoms with Crippen molar-refractivity contribution in [1.82, 2.24) is 0 Å². The van der Waals surface area contributed by atoms with Gasteiger partial charge in [-0.1, -0.05) is 46.4 Å². The predicted molar refractivity (Wildman–Crippen MR) is 124 cm³/mol. The van der Waals surface area contributed by atoms with Gasteiger partial charge in [0.1, 0.15) is 22.6 Å². The van der Waals surface area contributed by atoms with Crippen LogP contribution in [-0.2, 0) is 4.74 Å². The summed E-state index contributed by atoms with van der Waals surface area (Å²) in [5.74, 6) is 1.12. The maximum Gasteiger partial charge on any atom is 0.338 e. The minimum absolute atomic E-state index is 0.115. The first-order chi connectivity index (χ1) is 14.8. The van der Waals surface area contributed by atoms with Gasteiger partial charge in [-0.2, -0.15) is 0 Å². The van der Waals surface area contributed by atoms with Gasteiger partial charge in [0, 0.05) is 18.6 Å². The molecule has 168 valence electrons. The minimum Gasteiger partial charge on any atom is -0.493 e. The average Bonchev–Trinajstić information content (AvgIpc) is 2.69. The van der Waals surface area contributed by atoms with Crippen LogP contribution in [-0.4, -0.2) is 31.9 Å². The van der Waals surface area contributed by atoms with Crippen LogP contribution >= 0.6 is 46.4 Å². The van der Waals surface area contributed by atoms with Gasteiger partial charge in [-0.3, -0.25) is 0 Å². The Morgan fingerprint density at radius 3 is 2.13 bits per heavy atom. The van der Waals surface area contributed by atoms with Crippen LogP contribution in [0.15, 0.2) is 47.0 Å². The highest BCUT2D eigenvalue weighted by molar-refractivity contribution is 6.55. The molecule has 2 aromatic rings. The van der Waals surface area contributed by atoms with Crippen molar-refractivity contribution < 1.29 is 23.7 Å². The van der Waals surface area contributed by atoms with Crippen LogP contribution in [0.25, 0.3) is 0 Å². The SMILES string of the molecule is CC(C)OC(=O)c1ccc(OCCCOc2c(Cl)cc(OCC=C(Cl)Cl)cc2Cl)cc1. The maximum absolute atomic E-state index is 11.8. The fourth-order valence-corrected chi connectivity index (χ4v) is 3.05. The molecule has 0 aliphatic heterocycles. The maximum atomic E-state index is 11.8. The Morgan fingerprint density at radius 1 is 0.935 bits per heavy atom. The highest BCUT2D eigenvalue weighted by Crippen LogP contribution is 2.37. The summed E-state index contributed by atoms with van der Waals surface area (Å²) in [4.78, 5) is 11.8. The summed E-state index contributed by atoms with van der Waals surface area (Å²) in [6, 6.07) is 9.96. The van der Waals surface area contributed by atoms with Gasteiger partial charge in [-0.25, -0.2) is 4.79 Å². The normalized spacial score (nSPS) is 10.5. The van der Waals surface area contributed by atoms with Crippen LogP contribution < -0.4 is 14.2 Å². The van der Waals surface area contributed by atoms with Crippen molar-refractivity contribution >= 4 is 52.4 Å². The summed E-state index contributed by atoms with van der Waals surface area (Å²) >= 11 is 23.5. The van der Waals surface area contributed by atoms with Gasteiger partial charge in [0.25, 0.3) is 0 Å². The quantitative estimate of drug-likeness (QED) is 0.239. The first-order valence-corrected chi connectivity index (χ1v) is 11.0. The van der Waals surface area contributed by atoms with E-state index >= 15 is 0 Å². The molecule has 31 heavy (non-hydrogen) atoms. The van der Waals surface area contributed by atoms with Crippen molar-refractivity contribution in [3.05, 3.63) is 62.6 Å². The predicted octanol–water partition coefficient (Wildman–Crippen LogP) is 7.10. The molecule has 2 rings (SSSR count). The molecule has 5 nitrogen and oxygen atoms in total. The Balaban J connectivity index is 1.77. The van der Waals surface area contributed by atoms with Crippen molar-refractivity contribution in [2.45, 2.75) is 26.4 Å². The van der Waals surface area contributed by atoms with Crippen LogP contribution in [0.2, 0.25) is 10.0 Å². The lowest BCUT2D eigenvalue weighted by Crippen LogP contribution is -2.11. The molecule has 0 heterocycles. The Morgan fingerprint density at radius 2 is 1.55 bits per heavy atom. The zero-order valence-electron chi connectivity index (χ0n) is 17.0. The van der Waals surface area contributed by atoms with E-state index in [2.05, 4.69) is 0 Å². The minimum atomic E-state index is -0.362. The number of hydrogen-bond acceptors (Lipinski definition) is 5. The zero-order chi connectivity index (χ0) is 22.8. The Hall–Kier alpha value is -1.79. The number of halogens is 4. The van der Waals surface area contributed by atoms with Crippen LogP contribution in [0.5, 0.6) is 17.2 Å². The lowest BCUT2D eigenvalue weighted by molar-refractivity contribution is 0.0378. The van der Waals surface area contributed by atoms with E-state index in [1.165, 1.54) is 6.08 Å². The third kappa shape index (κ3) is 9.08. The molecule has 0 aliphatic carbocycles. The lowest BCUT2D eigenvalue weighted by Gasteiger charge is -2.13. The van der Waals surface area contributed by atoms with Crippen molar-refractivity contribution in [2.75, 3.05) is 19.8 Å². The van der Waals surface area contributed by atoms with E-state index in [0.717, 1.165) is 0 Å². The summed E-state index contributed by atoms with van der Waals surface area (Å²) in [6.45, 7) is 4.56. The summed E-state index contributed by atoms with van der Waals surface area (Å²) < 4.78 is 22.0. The number of ether oxygens (including phenoxy) is 4. The topological polar surface area (TPSA) is 54.0 Å². The molecule has 0 bridgehead atoms. The molecule has 0 atom stereocenters. The number of esters is 1. The lowest BCUT2D eigenvalue weighted by atomic mass is 10.2. The van der Waals surface area contributed by atoms with Gasteiger partial charge in [0.2, 0.25) is 0 Å². The van der Waals surface area contributed by atoms with Gasteiger partial charge < -0.3 is 18.9 Å². The molecule has 0 saturated carbocycles. The van der Waals surface area contributed by atoms with Gasteiger partial charge in [-0.15, -0.1) is 0 Å². The molecule has 0 radical (unpaired) electrons. The number of benzene rings is 2. The highest BCUT2D eigenvalue weighted by atomic mass is 35.5. The Kier molecular flexibility index (Phi) is 10.6. The molecule has 0 amide bonds. The number of carbonyl (C=O) groups is 1. The molecule has 2 aromatic carbocycles. The van der Waals surface area contributed by atoms with E-state index in [1.54, 1.807) is 50.2 Å². The molecule has 0 aliphatic rings. The van der Waals surface area contributed by atoms with Crippen LogP contribution in [0.3, 0.4) is 0 Å². The fraction of sp³-hybridized carbons (Fsp3) is 0.318. The highest BCUT2D eigenvalue weighted by Gasteiger charge is 2.11. The smallest absolute Gasteiger partial charge is 0.338 e. The van der Waals surface area contributed by atoms with Crippen molar-refractivity contribution in [1.29, 1.82) is 0 Å². The largest absolute Gasteiger partial charge is 0.493 e. The van der Waals surface area contributed by atoms with Crippen molar-refractivity contribution in [3.8, 4) is 17.2 Å². The van der Waals surface area contributed by atoms with Crippen molar-refractivity contribution in [2.24, 2.45) is 0 Å². The summed E-state index contributed by atoms with van der Waals surface area (Å²) in [5.41, 5.74) is 0.475. The first kappa shape index (κ1) is 25.5. The van der Waals surface area contributed by atoms with E-state index in [9.17, 15) is 4.79 Å². The molecule has 9 heteroatoms. The molecule has 0 saturated heterocycles. The van der Waals surface area contributed by atoms with Gasteiger partial charge in [-0.05, 0) is 44.2 Å². The van der Waals surface area contributed by atoms with Crippen molar-refractivity contribution in [3.63, 3.8) is 0 Å². The van der Waals surface area contributed by atoms with Crippen LogP contribution in [0, 0.1) is 0 Å². The zero-order valence-corrected chi connectivity index (χ0v) is 20.0. The van der Waals surface area contributed by atoms with Crippen LogP contribution in [0.1, 0.15) is 30.6 Å². The fourth-order valence-electron chi connectivity index (χ4n) is 2.35. The third-order valence-corrected chi connectivity index (χ3v) is 4.57. The van der Waals surface area contributed by atoms with E-state index in [-0.39, 0.29) is 23.2 Å². The number of rotatable bonds is 11. The Labute approximate surface area is 201 Å². The van der Waals surface area contributed by atoms with E-state index in [1.807, 2.05) is 0 Å². The van der Waals surface area contributed by atoms with E-state index in [4.69, 9.17) is 65.4 Å². The molecule has 0 N–H and O–H groups in total. The standard InChI is InChI=1S/C22H22Cl4O5/c1-14(2)31-22(27)15-4-6-16(7-5-15)28-9-3-10-30-21-18(23)12-17(13-19(21)24)29-11-8-20(25)26/h4-8,12-14H,3,9-11H2,1-2H3. The Bertz CT molecular complexity index is 870. The second-order valence-electron chi connectivity index (χ2n) is 6.55. The van der Waals surface area contributed by atoms with Gasteiger partial charge in [0.15, 0.2) is 5.75 Å². The van der Waals surface area contributed by atoms with Gasteiger partial charge in [0.05, 0.1) is 34.9 Å².